The highest BCUT2D eigenvalue weighted by Gasteiger charge is 2.10. The van der Waals surface area contributed by atoms with Crippen molar-refractivity contribution in [2.24, 2.45) is 0 Å². The quantitative estimate of drug-likeness (QED) is 0.605. The maximum absolute atomic E-state index is 11.7. The number of hydrogen-bond donors (Lipinski definition) is 2. The monoisotopic (exact) mass is 287 g/mol. The molecule has 0 radical (unpaired) electrons. The van der Waals surface area contributed by atoms with Crippen LogP contribution in [0.15, 0.2) is 30.5 Å². The Morgan fingerprint density at radius 1 is 1.33 bits per heavy atom. The fraction of sp³-hybridized carbons (Fsp3) is 0.375. The summed E-state index contributed by atoms with van der Waals surface area (Å²) >= 11 is 0. The second-order valence-electron chi connectivity index (χ2n) is 4.95. The highest BCUT2D eigenvalue weighted by Crippen LogP contribution is 2.10. The molecule has 2 rings (SSSR count). The molecule has 0 atom stereocenters. The average molecular weight is 287 g/mol. The Morgan fingerprint density at radius 3 is 2.86 bits per heavy atom. The van der Waals surface area contributed by atoms with Gasteiger partial charge in [0.05, 0.1) is 18.9 Å². The number of hydrogen-bond acceptors (Lipinski definition) is 4. The van der Waals surface area contributed by atoms with Crippen molar-refractivity contribution in [3.8, 4) is 0 Å². The molecule has 112 valence electrons. The Morgan fingerprint density at radius 2 is 2.14 bits per heavy atom. The van der Waals surface area contributed by atoms with Crippen molar-refractivity contribution >= 4 is 5.97 Å². The van der Waals surface area contributed by atoms with Crippen LogP contribution in [0.3, 0.4) is 0 Å². The first-order valence-corrected chi connectivity index (χ1v) is 7.08. The fourth-order valence-corrected chi connectivity index (χ4v) is 2.24. The van der Waals surface area contributed by atoms with Crippen LogP contribution in [-0.2, 0) is 17.7 Å². The molecule has 0 aliphatic rings. The van der Waals surface area contributed by atoms with Gasteiger partial charge < -0.3 is 10.1 Å². The Hall–Kier alpha value is -2.14. The zero-order chi connectivity index (χ0) is 15.1. The molecule has 0 saturated heterocycles. The summed E-state index contributed by atoms with van der Waals surface area (Å²) in [5.74, 6) is -0.290. The van der Waals surface area contributed by atoms with Crippen LogP contribution < -0.4 is 5.32 Å². The van der Waals surface area contributed by atoms with Gasteiger partial charge in [-0.25, -0.2) is 4.79 Å². The number of rotatable bonds is 7. The van der Waals surface area contributed by atoms with Crippen molar-refractivity contribution in [3.05, 3.63) is 52.8 Å². The number of nitrogens with one attached hydrogen (secondary N) is 2. The highest BCUT2D eigenvalue weighted by atomic mass is 16.5. The van der Waals surface area contributed by atoms with Gasteiger partial charge in [0, 0.05) is 12.2 Å². The standard InChI is InChI=1S/C16H21N3O2/c1-12-13(11-18-19-12)7-5-9-17-10-14-6-3-4-8-15(14)16(20)21-2/h3-4,6,8,11,17H,5,7,9-10H2,1-2H3,(H,18,19). The zero-order valence-corrected chi connectivity index (χ0v) is 12.5. The molecule has 0 unspecified atom stereocenters. The molecule has 1 heterocycles. The number of methoxy groups -OCH3 is 1. The maximum Gasteiger partial charge on any atom is 0.338 e. The topological polar surface area (TPSA) is 67.0 Å². The molecule has 5 heteroatoms. The molecule has 2 aromatic rings. The van der Waals surface area contributed by atoms with Crippen molar-refractivity contribution in [1.82, 2.24) is 15.5 Å². The Labute approximate surface area is 124 Å². The van der Waals surface area contributed by atoms with E-state index in [2.05, 4.69) is 15.5 Å². The first-order chi connectivity index (χ1) is 10.2. The smallest absolute Gasteiger partial charge is 0.338 e. The molecule has 1 aromatic carbocycles. The van der Waals surface area contributed by atoms with Crippen molar-refractivity contribution in [1.29, 1.82) is 0 Å². The maximum atomic E-state index is 11.7. The van der Waals surface area contributed by atoms with E-state index in [-0.39, 0.29) is 5.97 Å². The summed E-state index contributed by atoms with van der Waals surface area (Å²) in [5, 5.41) is 10.3. The van der Waals surface area contributed by atoms with E-state index in [0.717, 1.165) is 30.6 Å². The number of aryl methyl sites for hydroxylation is 2. The lowest BCUT2D eigenvalue weighted by Crippen LogP contribution is -2.18. The van der Waals surface area contributed by atoms with Crippen molar-refractivity contribution in [2.75, 3.05) is 13.7 Å². The van der Waals surface area contributed by atoms with Crippen molar-refractivity contribution < 1.29 is 9.53 Å². The van der Waals surface area contributed by atoms with E-state index in [1.165, 1.54) is 12.7 Å². The van der Waals surface area contributed by atoms with E-state index in [9.17, 15) is 4.79 Å². The van der Waals surface area contributed by atoms with Gasteiger partial charge in [0.1, 0.15) is 0 Å². The first-order valence-electron chi connectivity index (χ1n) is 7.08. The van der Waals surface area contributed by atoms with Crippen LogP contribution in [0.1, 0.15) is 33.6 Å². The minimum absolute atomic E-state index is 0.290. The number of carbonyl (C=O) groups is 1. The largest absolute Gasteiger partial charge is 0.465 e. The van der Waals surface area contributed by atoms with Crippen LogP contribution in [0.5, 0.6) is 0 Å². The average Bonchev–Trinajstić information content (AvgIpc) is 2.92. The van der Waals surface area contributed by atoms with Crippen LogP contribution in [0.2, 0.25) is 0 Å². The summed E-state index contributed by atoms with van der Waals surface area (Å²) in [5.41, 5.74) is 3.97. The van der Waals surface area contributed by atoms with Gasteiger partial charge in [0.25, 0.3) is 0 Å². The van der Waals surface area contributed by atoms with Crippen LogP contribution in [0.4, 0.5) is 0 Å². The lowest BCUT2D eigenvalue weighted by molar-refractivity contribution is 0.0599. The Kier molecular flexibility index (Phi) is 5.51. The molecule has 0 bridgehead atoms. The SMILES string of the molecule is COC(=O)c1ccccc1CNCCCc1cn[nH]c1C. The summed E-state index contributed by atoms with van der Waals surface area (Å²) in [6.45, 7) is 3.58. The summed E-state index contributed by atoms with van der Waals surface area (Å²) in [6.07, 6.45) is 3.90. The van der Waals surface area contributed by atoms with Gasteiger partial charge >= 0.3 is 5.97 Å². The minimum Gasteiger partial charge on any atom is -0.465 e. The van der Waals surface area contributed by atoms with E-state index in [1.54, 1.807) is 6.07 Å². The van der Waals surface area contributed by atoms with Crippen LogP contribution in [0, 0.1) is 6.92 Å². The number of aromatic nitrogens is 2. The second-order valence-corrected chi connectivity index (χ2v) is 4.95. The van der Waals surface area contributed by atoms with Gasteiger partial charge in [-0.1, -0.05) is 18.2 Å². The third-order valence-electron chi connectivity index (χ3n) is 3.47. The van der Waals surface area contributed by atoms with Crippen molar-refractivity contribution in [3.63, 3.8) is 0 Å². The summed E-state index contributed by atoms with van der Waals surface area (Å²) in [4.78, 5) is 11.7. The van der Waals surface area contributed by atoms with Crippen molar-refractivity contribution in [2.45, 2.75) is 26.3 Å². The predicted octanol–water partition coefficient (Wildman–Crippen LogP) is 2.23. The number of esters is 1. The van der Waals surface area contributed by atoms with Gasteiger partial charge in [0.2, 0.25) is 0 Å². The number of aromatic amines is 1. The third kappa shape index (κ3) is 4.16. The first kappa shape index (κ1) is 15.3. The lowest BCUT2D eigenvalue weighted by atomic mass is 10.1. The molecular weight excluding hydrogens is 266 g/mol. The molecule has 0 spiro atoms. The molecule has 0 saturated carbocycles. The van der Waals surface area contributed by atoms with Gasteiger partial charge in [-0.05, 0) is 43.5 Å². The van der Waals surface area contributed by atoms with Crippen LogP contribution in [0.25, 0.3) is 0 Å². The number of H-pyrrole nitrogens is 1. The van der Waals surface area contributed by atoms with E-state index in [4.69, 9.17) is 4.74 Å². The number of nitrogens with zero attached hydrogens (tertiary/aromatic N) is 1. The van der Waals surface area contributed by atoms with E-state index < -0.39 is 0 Å². The Balaban J connectivity index is 1.79. The molecule has 0 fully saturated rings. The van der Waals surface area contributed by atoms with Gasteiger partial charge in [-0.3, -0.25) is 5.10 Å². The third-order valence-corrected chi connectivity index (χ3v) is 3.47. The van der Waals surface area contributed by atoms with Gasteiger partial charge in [-0.15, -0.1) is 0 Å². The summed E-state index contributed by atoms with van der Waals surface area (Å²) < 4.78 is 4.79. The predicted molar refractivity (Wildman–Crippen MR) is 81.1 cm³/mol. The van der Waals surface area contributed by atoms with Crippen LogP contribution >= 0.6 is 0 Å². The van der Waals surface area contributed by atoms with Gasteiger partial charge in [0.15, 0.2) is 0 Å². The molecule has 21 heavy (non-hydrogen) atoms. The zero-order valence-electron chi connectivity index (χ0n) is 12.5. The molecule has 5 nitrogen and oxygen atoms in total. The summed E-state index contributed by atoms with van der Waals surface area (Å²) in [6, 6.07) is 7.51. The normalized spacial score (nSPS) is 10.6. The number of ether oxygens (including phenoxy) is 1. The van der Waals surface area contributed by atoms with E-state index in [0.29, 0.717) is 12.1 Å². The fourth-order valence-electron chi connectivity index (χ4n) is 2.24. The van der Waals surface area contributed by atoms with E-state index in [1.807, 2.05) is 31.3 Å². The lowest BCUT2D eigenvalue weighted by Gasteiger charge is -2.09. The van der Waals surface area contributed by atoms with Gasteiger partial charge in [-0.2, -0.15) is 5.10 Å². The number of carbonyl (C=O) groups excluding carboxylic acids is 1. The van der Waals surface area contributed by atoms with Crippen LogP contribution in [-0.4, -0.2) is 29.8 Å². The second kappa shape index (κ2) is 7.59. The minimum atomic E-state index is -0.290. The number of benzene rings is 1. The molecular formula is C16H21N3O2. The molecule has 0 aliphatic heterocycles. The summed E-state index contributed by atoms with van der Waals surface area (Å²) in [7, 11) is 1.40. The molecule has 0 aliphatic carbocycles. The molecule has 1 aromatic heterocycles. The van der Waals surface area contributed by atoms with E-state index >= 15 is 0 Å². The molecule has 2 N–H and O–H groups in total. The highest BCUT2D eigenvalue weighted by molar-refractivity contribution is 5.90. The molecule has 0 amide bonds. The Bertz CT molecular complexity index is 593.